The summed E-state index contributed by atoms with van der Waals surface area (Å²) in [5, 5.41) is 10.0. The minimum absolute atomic E-state index is 0.794. The van der Waals surface area contributed by atoms with Crippen LogP contribution < -0.4 is 0 Å². The van der Waals surface area contributed by atoms with Crippen LogP contribution in [-0.2, 0) is 5.75 Å². The van der Waals surface area contributed by atoms with Crippen molar-refractivity contribution in [1.29, 1.82) is 0 Å². The predicted octanol–water partition coefficient (Wildman–Crippen LogP) is 3.83. The molecule has 0 saturated heterocycles. The third-order valence-corrected chi connectivity index (χ3v) is 4.23. The molecule has 3 nitrogen and oxygen atoms in total. The van der Waals surface area contributed by atoms with Crippen molar-refractivity contribution in [2.75, 3.05) is 0 Å². The van der Waals surface area contributed by atoms with Crippen LogP contribution in [0.3, 0.4) is 0 Å². The molecule has 2 aromatic heterocycles. The molecule has 0 spiro atoms. The molecule has 0 radical (unpaired) electrons. The Hall–Kier alpha value is -1.59. The zero-order valence-electron chi connectivity index (χ0n) is 9.54. The van der Waals surface area contributed by atoms with Gasteiger partial charge < -0.3 is 0 Å². The van der Waals surface area contributed by atoms with E-state index in [1.54, 1.807) is 23.1 Å². The molecule has 0 aliphatic carbocycles. The average Bonchev–Trinajstić information content (AvgIpc) is 3.08. The van der Waals surface area contributed by atoms with E-state index >= 15 is 0 Å². The normalized spacial score (nSPS) is 10.7. The fourth-order valence-electron chi connectivity index (χ4n) is 1.56. The Morgan fingerprint density at radius 2 is 2.00 bits per heavy atom. The SMILES string of the molecule is c1ccc(CSc2n[nH]c(-c3cccs3)n2)cc1. The Morgan fingerprint density at radius 1 is 1.11 bits per heavy atom. The Morgan fingerprint density at radius 3 is 2.78 bits per heavy atom. The summed E-state index contributed by atoms with van der Waals surface area (Å²) in [5.74, 6) is 1.74. The smallest absolute Gasteiger partial charge is 0.209 e. The summed E-state index contributed by atoms with van der Waals surface area (Å²) in [6, 6.07) is 14.4. The second-order valence-electron chi connectivity index (χ2n) is 3.72. The first-order valence-electron chi connectivity index (χ1n) is 5.55. The topological polar surface area (TPSA) is 41.6 Å². The van der Waals surface area contributed by atoms with Crippen LogP contribution in [0.15, 0.2) is 53.0 Å². The number of nitrogens with one attached hydrogen (secondary N) is 1. The second-order valence-corrected chi connectivity index (χ2v) is 5.61. The number of hydrogen-bond acceptors (Lipinski definition) is 4. The molecule has 0 atom stereocenters. The Labute approximate surface area is 113 Å². The number of rotatable bonds is 4. The van der Waals surface area contributed by atoms with Crippen LogP contribution in [0.2, 0.25) is 0 Å². The summed E-state index contributed by atoms with van der Waals surface area (Å²) in [6.45, 7) is 0. The summed E-state index contributed by atoms with van der Waals surface area (Å²) in [7, 11) is 0. The van der Waals surface area contributed by atoms with Crippen molar-refractivity contribution in [3.8, 4) is 10.7 Å². The first-order valence-corrected chi connectivity index (χ1v) is 7.41. The summed E-state index contributed by atoms with van der Waals surface area (Å²) in [5.41, 5.74) is 1.28. The maximum atomic E-state index is 4.47. The first kappa shape index (κ1) is 11.5. The molecule has 3 rings (SSSR count). The van der Waals surface area contributed by atoms with Crippen molar-refractivity contribution in [1.82, 2.24) is 15.2 Å². The van der Waals surface area contributed by atoms with Gasteiger partial charge in [0.1, 0.15) is 0 Å². The van der Waals surface area contributed by atoms with Gasteiger partial charge in [-0.25, -0.2) is 4.98 Å². The molecule has 0 saturated carbocycles. The highest BCUT2D eigenvalue weighted by Gasteiger charge is 2.06. The van der Waals surface area contributed by atoms with Crippen molar-refractivity contribution in [2.24, 2.45) is 0 Å². The first-order chi connectivity index (χ1) is 8.92. The van der Waals surface area contributed by atoms with E-state index in [2.05, 4.69) is 27.3 Å². The van der Waals surface area contributed by atoms with Gasteiger partial charge >= 0.3 is 0 Å². The van der Waals surface area contributed by atoms with Gasteiger partial charge in [-0.15, -0.1) is 16.4 Å². The number of H-pyrrole nitrogens is 1. The Kier molecular flexibility index (Phi) is 3.43. The predicted molar refractivity (Wildman–Crippen MR) is 75.7 cm³/mol. The van der Waals surface area contributed by atoms with Crippen LogP contribution in [-0.4, -0.2) is 15.2 Å². The maximum Gasteiger partial charge on any atom is 0.209 e. The van der Waals surface area contributed by atoms with Crippen molar-refractivity contribution in [3.63, 3.8) is 0 Å². The molecule has 5 heteroatoms. The van der Waals surface area contributed by atoms with Crippen LogP contribution in [0.25, 0.3) is 10.7 Å². The fourth-order valence-corrected chi connectivity index (χ4v) is 2.97. The summed E-state index contributed by atoms with van der Waals surface area (Å²) < 4.78 is 0. The van der Waals surface area contributed by atoms with E-state index in [1.165, 1.54) is 5.56 Å². The molecule has 3 aromatic rings. The second kappa shape index (κ2) is 5.37. The van der Waals surface area contributed by atoms with Crippen LogP contribution in [0.5, 0.6) is 0 Å². The zero-order valence-corrected chi connectivity index (χ0v) is 11.2. The van der Waals surface area contributed by atoms with Crippen LogP contribution in [0.1, 0.15) is 5.56 Å². The van der Waals surface area contributed by atoms with Crippen molar-refractivity contribution in [2.45, 2.75) is 10.9 Å². The number of thioether (sulfide) groups is 1. The molecule has 0 fully saturated rings. The van der Waals surface area contributed by atoms with E-state index in [4.69, 9.17) is 0 Å². The van der Waals surface area contributed by atoms with E-state index in [0.29, 0.717) is 0 Å². The Bertz CT molecular complexity index is 602. The number of aromatic amines is 1. The summed E-state index contributed by atoms with van der Waals surface area (Å²) >= 11 is 3.30. The molecule has 0 amide bonds. The van der Waals surface area contributed by atoms with Gasteiger partial charge in [0, 0.05) is 5.75 Å². The van der Waals surface area contributed by atoms with E-state index in [-0.39, 0.29) is 0 Å². The van der Waals surface area contributed by atoms with Crippen molar-refractivity contribution >= 4 is 23.1 Å². The molecule has 1 N–H and O–H groups in total. The zero-order chi connectivity index (χ0) is 12.2. The van der Waals surface area contributed by atoms with Crippen LogP contribution in [0, 0.1) is 0 Å². The van der Waals surface area contributed by atoms with Gasteiger partial charge in [0.05, 0.1) is 4.88 Å². The average molecular weight is 273 g/mol. The van der Waals surface area contributed by atoms with Gasteiger partial charge in [0.2, 0.25) is 5.16 Å². The number of thiophene rings is 1. The molecular formula is C13H11N3S2. The van der Waals surface area contributed by atoms with E-state index < -0.39 is 0 Å². The minimum atomic E-state index is 0.794. The third kappa shape index (κ3) is 2.63. The lowest BCUT2D eigenvalue weighted by Gasteiger charge is -1.96. The molecule has 18 heavy (non-hydrogen) atoms. The third-order valence-electron chi connectivity index (χ3n) is 2.43. The lowest BCUT2D eigenvalue weighted by molar-refractivity contribution is 0.973. The molecule has 0 aliphatic rings. The van der Waals surface area contributed by atoms with Gasteiger partial charge in [-0.3, -0.25) is 5.10 Å². The van der Waals surface area contributed by atoms with E-state index in [9.17, 15) is 0 Å². The number of nitrogens with zero attached hydrogens (tertiary/aromatic N) is 2. The van der Waals surface area contributed by atoms with Crippen LogP contribution in [0.4, 0.5) is 0 Å². The Balaban J connectivity index is 1.68. The molecule has 0 unspecified atom stereocenters. The minimum Gasteiger partial charge on any atom is -0.257 e. The molecule has 0 aliphatic heterocycles. The lowest BCUT2D eigenvalue weighted by Crippen LogP contribution is -1.80. The quantitative estimate of drug-likeness (QED) is 0.735. The van der Waals surface area contributed by atoms with E-state index in [1.807, 2.05) is 35.7 Å². The summed E-state index contributed by atoms with van der Waals surface area (Å²) in [6.07, 6.45) is 0. The maximum absolute atomic E-state index is 4.47. The van der Waals surface area contributed by atoms with Gasteiger partial charge in [-0.1, -0.05) is 48.2 Å². The van der Waals surface area contributed by atoms with Gasteiger partial charge in [-0.2, -0.15) is 0 Å². The molecule has 1 aromatic carbocycles. The van der Waals surface area contributed by atoms with E-state index in [0.717, 1.165) is 21.6 Å². The monoisotopic (exact) mass is 273 g/mol. The summed E-state index contributed by atoms with van der Waals surface area (Å²) in [4.78, 5) is 5.59. The highest BCUT2D eigenvalue weighted by molar-refractivity contribution is 7.98. The molecular weight excluding hydrogens is 262 g/mol. The van der Waals surface area contributed by atoms with Crippen molar-refractivity contribution < 1.29 is 0 Å². The largest absolute Gasteiger partial charge is 0.257 e. The fraction of sp³-hybridized carbons (Fsp3) is 0.0769. The van der Waals surface area contributed by atoms with Gasteiger partial charge in [0.25, 0.3) is 0 Å². The van der Waals surface area contributed by atoms with Gasteiger partial charge in [0.15, 0.2) is 5.82 Å². The molecule has 0 bridgehead atoms. The molecule has 2 heterocycles. The highest BCUT2D eigenvalue weighted by Crippen LogP contribution is 2.24. The highest BCUT2D eigenvalue weighted by atomic mass is 32.2. The van der Waals surface area contributed by atoms with Crippen LogP contribution >= 0.6 is 23.1 Å². The van der Waals surface area contributed by atoms with Crippen molar-refractivity contribution in [3.05, 3.63) is 53.4 Å². The number of aromatic nitrogens is 3. The number of benzene rings is 1. The lowest BCUT2D eigenvalue weighted by atomic mass is 10.2. The standard InChI is InChI=1S/C13H11N3S2/c1-2-5-10(6-3-1)9-18-13-14-12(15-16-13)11-7-4-8-17-11/h1-8H,9H2,(H,14,15,16). The number of hydrogen-bond donors (Lipinski definition) is 1. The van der Waals surface area contributed by atoms with Gasteiger partial charge in [-0.05, 0) is 17.0 Å². The molecule has 90 valence electrons.